The van der Waals surface area contributed by atoms with Crippen LogP contribution in [0.5, 0.6) is 5.75 Å². The first-order chi connectivity index (χ1) is 15.3. The Morgan fingerprint density at radius 2 is 1.84 bits per heavy atom. The van der Waals surface area contributed by atoms with Crippen molar-refractivity contribution in [1.29, 1.82) is 0 Å². The van der Waals surface area contributed by atoms with Gasteiger partial charge in [0.25, 0.3) is 11.7 Å². The van der Waals surface area contributed by atoms with Crippen molar-refractivity contribution in [3.05, 3.63) is 86.6 Å². The Labute approximate surface area is 195 Å². The first-order valence-corrected chi connectivity index (χ1v) is 11.4. The molecule has 32 heavy (non-hydrogen) atoms. The average Bonchev–Trinajstić information content (AvgIpc) is 3.40. The molecule has 1 aromatic heterocycles. The Bertz CT molecular complexity index is 1200. The number of aliphatic hydroxyl groups excluding tert-OH is 1. The number of ketones is 1. The van der Waals surface area contributed by atoms with E-state index in [1.165, 1.54) is 29.4 Å². The van der Waals surface area contributed by atoms with E-state index in [9.17, 15) is 14.7 Å². The molecule has 5 nitrogen and oxygen atoms in total. The molecule has 2 aromatic carbocycles. The van der Waals surface area contributed by atoms with E-state index in [4.69, 9.17) is 16.3 Å². The molecule has 0 aliphatic carbocycles. The van der Waals surface area contributed by atoms with E-state index in [0.717, 1.165) is 10.4 Å². The van der Waals surface area contributed by atoms with Gasteiger partial charge in [-0.15, -0.1) is 11.3 Å². The van der Waals surface area contributed by atoms with Crippen LogP contribution in [0.4, 0.5) is 5.69 Å². The second-order valence-corrected chi connectivity index (χ2v) is 9.17. The van der Waals surface area contributed by atoms with Gasteiger partial charge in [0.15, 0.2) is 0 Å². The second kappa shape index (κ2) is 8.81. The van der Waals surface area contributed by atoms with E-state index in [0.29, 0.717) is 27.9 Å². The fourth-order valence-corrected chi connectivity index (χ4v) is 4.89. The number of thiophene rings is 1. The number of amides is 1. The zero-order valence-corrected chi connectivity index (χ0v) is 19.4. The molecule has 0 bridgehead atoms. The van der Waals surface area contributed by atoms with Crippen LogP contribution in [0.25, 0.3) is 5.76 Å². The zero-order valence-electron chi connectivity index (χ0n) is 17.8. The number of rotatable bonds is 5. The molecular weight excluding hydrogens is 446 g/mol. The third-order valence-electron chi connectivity index (χ3n) is 5.52. The largest absolute Gasteiger partial charge is 0.507 e. The van der Waals surface area contributed by atoms with Crippen LogP contribution in [0.1, 0.15) is 41.8 Å². The van der Waals surface area contributed by atoms with Crippen LogP contribution in [0.2, 0.25) is 5.02 Å². The highest BCUT2D eigenvalue weighted by Crippen LogP contribution is 2.44. The number of methoxy groups -OCH3 is 1. The smallest absolute Gasteiger partial charge is 0.300 e. The molecule has 7 heteroatoms. The predicted octanol–water partition coefficient (Wildman–Crippen LogP) is 6.16. The zero-order chi connectivity index (χ0) is 23.0. The Morgan fingerprint density at radius 3 is 2.41 bits per heavy atom. The molecule has 1 aliphatic rings. The summed E-state index contributed by atoms with van der Waals surface area (Å²) in [6, 6.07) is 15.3. The molecule has 1 unspecified atom stereocenters. The summed E-state index contributed by atoms with van der Waals surface area (Å²) in [5, 5.41) is 13.3. The normalized spacial score (nSPS) is 17.9. The number of nitrogens with zero attached hydrogens (tertiary/aromatic N) is 1. The SMILES string of the molecule is COc1ccc(/C(O)=C2/C(=O)C(=O)N(c3ccc(C(C)C)cc3)C2c2cccs2)cc1Cl. The molecule has 0 spiro atoms. The highest BCUT2D eigenvalue weighted by molar-refractivity contribution is 7.10. The Morgan fingerprint density at radius 1 is 1.12 bits per heavy atom. The maximum atomic E-state index is 13.1. The van der Waals surface area contributed by atoms with Gasteiger partial charge in [-0.1, -0.05) is 43.6 Å². The number of carbonyl (C=O) groups excluding carboxylic acids is 2. The highest BCUT2D eigenvalue weighted by Gasteiger charge is 2.47. The van der Waals surface area contributed by atoms with Crippen molar-refractivity contribution in [3.63, 3.8) is 0 Å². The first-order valence-electron chi connectivity index (χ1n) is 10.1. The van der Waals surface area contributed by atoms with Gasteiger partial charge >= 0.3 is 0 Å². The summed E-state index contributed by atoms with van der Waals surface area (Å²) in [7, 11) is 1.49. The topological polar surface area (TPSA) is 66.8 Å². The van der Waals surface area contributed by atoms with Gasteiger partial charge in [0.2, 0.25) is 0 Å². The van der Waals surface area contributed by atoms with Crippen LogP contribution in [-0.4, -0.2) is 23.9 Å². The van der Waals surface area contributed by atoms with Crippen molar-refractivity contribution in [2.75, 3.05) is 12.0 Å². The minimum Gasteiger partial charge on any atom is -0.507 e. The fourth-order valence-electron chi connectivity index (χ4n) is 3.80. The summed E-state index contributed by atoms with van der Waals surface area (Å²) >= 11 is 7.65. The maximum absolute atomic E-state index is 13.1. The summed E-state index contributed by atoms with van der Waals surface area (Å²) in [5.74, 6) is -0.897. The molecule has 1 atom stereocenters. The summed E-state index contributed by atoms with van der Waals surface area (Å²) in [6.07, 6.45) is 0. The standard InChI is InChI=1S/C25H22ClNO4S/c1-14(2)15-6-9-17(10-7-15)27-22(20-5-4-12-32-20)21(24(29)25(27)30)23(28)16-8-11-19(31-3)18(26)13-16/h4-14,22,28H,1-3H3/b23-21-. The summed E-state index contributed by atoms with van der Waals surface area (Å²) in [4.78, 5) is 28.5. The van der Waals surface area contributed by atoms with Crippen molar-refractivity contribution in [2.45, 2.75) is 25.8 Å². The highest BCUT2D eigenvalue weighted by atomic mass is 35.5. The number of halogens is 1. The Balaban J connectivity index is 1.87. The monoisotopic (exact) mass is 467 g/mol. The Kier molecular flexibility index (Phi) is 6.09. The van der Waals surface area contributed by atoms with Gasteiger partial charge in [0, 0.05) is 16.1 Å². The number of anilines is 1. The summed E-state index contributed by atoms with van der Waals surface area (Å²) in [5.41, 5.74) is 2.10. The van der Waals surface area contributed by atoms with E-state index in [2.05, 4.69) is 13.8 Å². The molecule has 0 saturated carbocycles. The molecule has 2 heterocycles. The predicted molar refractivity (Wildman–Crippen MR) is 128 cm³/mol. The lowest BCUT2D eigenvalue weighted by Crippen LogP contribution is -2.29. The quantitative estimate of drug-likeness (QED) is 0.277. The number of aliphatic hydroxyl groups is 1. The van der Waals surface area contributed by atoms with Gasteiger partial charge in [0.05, 0.1) is 17.7 Å². The van der Waals surface area contributed by atoms with Gasteiger partial charge in [-0.2, -0.15) is 0 Å². The maximum Gasteiger partial charge on any atom is 0.300 e. The number of ether oxygens (including phenoxy) is 1. The van der Waals surface area contributed by atoms with E-state index >= 15 is 0 Å². The van der Waals surface area contributed by atoms with Crippen LogP contribution < -0.4 is 9.64 Å². The third kappa shape index (κ3) is 3.80. The minimum atomic E-state index is -0.735. The number of hydrogen-bond donors (Lipinski definition) is 1. The Hall–Kier alpha value is -3.09. The van der Waals surface area contributed by atoms with E-state index in [1.807, 2.05) is 41.8 Å². The van der Waals surface area contributed by atoms with E-state index < -0.39 is 17.7 Å². The van der Waals surface area contributed by atoms with Gasteiger partial charge in [0.1, 0.15) is 17.6 Å². The number of hydrogen-bond acceptors (Lipinski definition) is 5. The van der Waals surface area contributed by atoms with Crippen molar-refractivity contribution in [1.82, 2.24) is 0 Å². The molecule has 0 radical (unpaired) electrons. The molecular formula is C25H22ClNO4S. The number of Topliss-reactive ketones (excluding diaryl/α,β-unsaturated/α-hetero) is 1. The van der Waals surface area contributed by atoms with Crippen molar-refractivity contribution < 1.29 is 19.4 Å². The van der Waals surface area contributed by atoms with Crippen molar-refractivity contribution in [3.8, 4) is 5.75 Å². The lowest BCUT2D eigenvalue weighted by atomic mass is 9.99. The van der Waals surface area contributed by atoms with Crippen LogP contribution in [0.3, 0.4) is 0 Å². The van der Waals surface area contributed by atoms with Gasteiger partial charge in [-0.05, 0) is 53.3 Å². The van der Waals surface area contributed by atoms with Gasteiger partial charge in [-0.3, -0.25) is 14.5 Å². The minimum absolute atomic E-state index is 0.0339. The average molecular weight is 468 g/mol. The summed E-state index contributed by atoms with van der Waals surface area (Å²) < 4.78 is 5.17. The summed E-state index contributed by atoms with van der Waals surface area (Å²) in [6.45, 7) is 4.18. The third-order valence-corrected chi connectivity index (χ3v) is 6.74. The van der Waals surface area contributed by atoms with Gasteiger partial charge < -0.3 is 9.84 Å². The second-order valence-electron chi connectivity index (χ2n) is 7.78. The lowest BCUT2D eigenvalue weighted by Gasteiger charge is -2.24. The molecule has 3 aromatic rings. The van der Waals surface area contributed by atoms with E-state index in [-0.39, 0.29) is 11.3 Å². The molecule has 1 amide bonds. The molecule has 4 rings (SSSR count). The molecule has 164 valence electrons. The van der Waals surface area contributed by atoms with Crippen molar-refractivity contribution in [2.24, 2.45) is 0 Å². The first kappa shape index (κ1) is 22.1. The fraction of sp³-hybridized carbons (Fsp3) is 0.200. The number of benzene rings is 2. The molecule has 1 N–H and O–H groups in total. The molecule has 1 fully saturated rings. The number of carbonyl (C=O) groups is 2. The van der Waals surface area contributed by atoms with Crippen LogP contribution in [0, 0.1) is 0 Å². The lowest BCUT2D eigenvalue weighted by molar-refractivity contribution is -0.132. The molecule has 1 aliphatic heterocycles. The molecule has 1 saturated heterocycles. The van der Waals surface area contributed by atoms with Crippen LogP contribution >= 0.6 is 22.9 Å². The van der Waals surface area contributed by atoms with Gasteiger partial charge in [-0.25, -0.2) is 0 Å². The van der Waals surface area contributed by atoms with Crippen molar-refractivity contribution >= 4 is 46.1 Å². The van der Waals surface area contributed by atoms with Crippen LogP contribution in [-0.2, 0) is 9.59 Å². The van der Waals surface area contributed by atoms with Crippen LogP contribution in [0.15, 0.2) is 65.6 Å². The van der Waals surface area contributed by atoms with E-state index in [1.54, 1.807) is 12.1 Å².